The van der Waals surface area contributed by atoms with Crippen molar-refractivity contribution < 1.29 is 4.39 Å². The van der Waals surface area contributed by atoms with E-state index >= 15 is 0 Å². The van der Waals surface area contributed by atoms with E-state index in [1.165, 1.54) is 12.1 Å². The van der Waals surface area contributed by atoms with Crippen LogP contribution in [0, 0.1) is 5.82 Å². The zero-order valence-electron chi connectivity index (χ0n) is 13.6. The number of hydrogen-bond acceptors (Lipinski definition) is 2. The van der Waals surface area contributed by atoms with Crippen LogP contribution in [0.4, 0.5) is 4.39 Å². The quantitative estimate of drug-likeness (QED) is 0.588. The van der Waals surface area contributed by atoms with E-state index in [4.69, 9.17) is 23.2 Å². The average molecular weight is 375 g/mol. The van der Waals surface area contributed by atoms with Crippen molar-refractivity contribution in [1.82, 2.24) is 10.3 Å². The molecule has 0 spiro atoms. The molecule has 0 bridgehead atoms. The number of pyridine rings is 1. The smallest absolute Gasteiger partial charge is 0.123 e. The summed E-state index contributed by atoms with van der Waals surface area (Å²) >= 11 is 12.3. The van der Waals surface area contributed by atoms with Crippen LogP contribution in [0.2, 0.25) is 10.0 Å². The van der Waals surface area contributed by atoms with Crippen LogP contribution >= 0.6 is 23.2 Å². The van der Waals surface area contributed by atoms with Crippen molar-refractivity contribution in [3.05, 3.63) is 87.9 Å². The van der Waals surface area contributed by atoms with Crippen molar-refractivity contribution in [2.24, 2.45) is 0 Å². The molecule has 2 aromatic carbocycles. The van der Waals surface area contributed by atoms with E-state index in [1.807, 2.05) is 36.4 Å². The number of rotatable bonds is 5. The Kier molecular flexibility index (Phi) is 5.69. The summed E-state index contributed by atoms with van der Waals surface area (Å²) in [6.07, 6.45) is 1.60. The molecule has 1 heterocycles. The van der Waals surface area contributed by atoms with Crippen LogP contribution < -0.4 is 5.32 Å². The lowest BCUT2D eigenvalue weighted by Crippen LogP contribution is -2.18. The van der Waals surface area contributed by atoms with Gasteiger partial charge in [0.2, 0.25) is 0 Å². The van der Waals surface area contributed by atoms with Gasteiger partial charge in [-0.05, 0) is 48.4 Å². The molecular weight excluding hydrogens is 358 g/mol. The van der Waals surface area contributed by atoms with Crippen LogP contribution in [0.25, 0.3) is 11.1 Å². The molecule has 0 saturated carbocycles. The van der Waals surface area contributed by atoms with Gasteiger partial charge in [0.1, 0.15) is 5.82 Å². The molecule has 0 aliphatic heterocycles. The molecule has 0 aliphatic rings. The minimum Gasteiger partial charge on any atom is -0.305 e. The number of halogens is 3. The molecule has 2 nitrogen and oxygen atoms in total. The molecule has 25 heavy (non-hydrogen) atoms. The van der Waals surface area contributed by atoms with E-state index < -0.39 is 0 Å². The molecule has 0 amide bonds. The van der Waals surface area contributed by atoms with E-state index in [9.17, 15) is 4.39 Å². The highest BCUT2D eigenvalue weighted by atomic mass is 35.5. The van der Waals surface area contributed by atoms with Crippen molar-refractivity contribution in [1.29, 1.82) is 0 Å². The number of hydrogen-bond donors (Lipinski definition) is 1. The summed E-state index contributed by atoms with van der Waals surface area (Å²) in [5.41, 5.74) is 3.43. The lowest BCUT2D eigenvalue weighted by atomic mass is 10.1. The molecule has 3 rings (SSSR count). The molecule has 128 valence electrons. The molecule has 3 aromatic rings. The molecule has 1 atom stereocenters. The standard InChI is InChI=1S/C20H17Cl2FN2/c1-13(14-4-2-6-16(21)8-14)24-11-18-10-19(20(22)12-25-18)15-5-3-7-17(23)9-15/h2-10,12-13,24H,11H2,1H3. The molecular formula is C20H17Cl2FN2. The number of nitrogens with zero attached hydrogens (tertiary/aromatic N) is 1. The Morgan fingerprint density at radius 2 is 1.88 bits per heavy atom. The predicted molar refractivity (Wildman–Crippen MR) is 101 cm³/mol. The maximum Gasteiger partial charge on any atom is 0.123 e. The molecule has 1 unspecified atom stereocenters. The maximum absolute atomic E-state index is 13.5. The number of nitrogens with one attached hydrogen (secondary N) is 1. The SMILES string of the molecule is CC(NCc1cc(-c2cccc(F)c2)c(Cl)cn1)c1cccc(Cl)c1. The Morgan fingerprint density at radius 3 is 2.64 bits per heavy atom. The van der Waals surface area contributed by atoms with Crippen LogP contribution in [-0.4, -0.2) is 4.98 Å². The van der Waals surface area contributed by atoms with E-state index in [2.05, 4.69) is 17.2 Å². The molecule has 5 heteroatoms. The molecule has 0 saturated heterocycles. The number of benzene rings is 2. The van der Waals surface area contributed by atoms with E-state index in [-0.39, 0.29) is 11.9 Å². The van der Waals surface area contributed by atoms with Gasteiger partial charge in [-0.2, -0.15) is 0 Å². The van der Waals surface area contributed by atoms with E-state index in [1.54, 1.807) is 12.3 Å². The third-order valence-corrected chi connectivity index (χ3v) is 4.52. The first-order valence-electron chi connectivity index (χ1n) is 7.92. The summed E-state index contributed by atoms with van der Waals surface area (Å²) in [6, 6.07) is 16.1. The van der Waals surface area contributed by atoms with Gasteiger partial charge in [-0.1, -0.05) is 47.5 Å². The fourth-order valence-electron chi connectivity index (χ4n) is 2.61. The third-order valence-electron chi connectivity index (χ3n) is 3.99. The lowest BCUT2D eigenvalue weighted by Gasteiger charge is -2.15. The minimum absolute atomic E-state index is 0.119. The molecule has 0 fully saturated rings. The summed E-state index contributed by atoms with van der Waals surface area (Å²) in [5.74, 6) is -0.292. The van der Waals surface area contributed by atoms with Gasteiger partial charge in [0.15, 0.2) is 0 Å². The summed E-state index contributed by atoms with van der Waals surface area (Å²) in [6.45, 7) is 2.63. The minimum atomic E-state index is -0.292. The maximum atomic E-state index is 13.5. The van der Waals surface area contributed by atoms with Crippen molar-refractivity contribution in [2.75, 3.05) is 0 Å². The van der Waals surface area contributed by atoms with Crippen molar-refractivity contribution in [3.8, 4) is 11.1 Å². The van der Waals surface area contributed by atoms with Crippen molar-refractivity contribution in [3.63, 3.8) is 0 Å². The second kappa shape index (κ2) is 7.96. The van der Waals surface area contributed by atoms with Gasteiger partial charge in [0.25, 0.3) is 0 Å². The Balaban J connectivity index is 1.76. The summed E-state index contributed by atoms with van der Waals surface area (Å²) in [5, 5.41) is 4.62. The average Bonchev–Trinajstić information content (AvgIpc) is 2.60. The van der Waals surface area contributed by atoms with Crippen molar-refractivity contribution >= 4 is 23.2 Å². The van der Waals surface area contributed by atoms with Gasteiger partial charge in [0, 0.05) is 29.4 Å². The Morgan fingerprint density at radius 1 is 1.08 bits per heavy atom. The van der Waals surface area contributed by atoms with E-state index in [0.29, 0.717) is 16.6 Å². The topological polar surface area (TPSA) is 24.9 Å². The first-order chi connectivity index (χ1) is 12.0. The largest absolute Gasteiger partial charge is 0.305 e. The summed E-state index contributed by atoms with van der Waals surface area (Å²) < 4.78 is 13.5. The van der Waals surface area contributed by atoms with Gasteiger partial charge in [-0.25, -0.2) is 4.39 Å². The monoisotopic (exact) mass is 374 g/mol. The van der Waals surface area contributed by atoms with E-state index in [0.717, 1.165) is 22.4 Å². The molecule has 0 aliphatic carbocycles. The van der Waals surface area contributed by atoms with Gasteiger partial charge >= 0.3 is 0 Å². The highest BCUT2D eigenvalue weighted by Gasteiger charge is 2.09. The zero-order valence-corrected chi connectivity index (χ0v) is 15.2. The van der Waals surface area contributed by atoms with Gasteiger partial charge in [0.05, 0.1) is 10.7 Å². The highest BCUT2D eigenvalue weighted by Crippen LogP contribution is 2.28. The van der Waals surface area contributed by atoms with Gasteiger partial charge in [-0.3, -0.25) is 4.98 Å². The second-order valence-corrected chi connectivity index (χ2v) is 6.67. The number of aromatic nitrogens is 1. The van der Waals surface area contributed by atoms with Crippen LogP contribution in [0.3, 0.4) is 0 Å². The molecule has 0 radical (unpaired) electrons. The Hall–Kier alpha value is -1.94. The summed E-state index contributed by atoms with van der Waals surface area (Å²) in [7, 11) is 0. The van der Waals surface area contributed by atoms with Crippen LogP contribution in [-0.2, 0) is 6.54 Å². The van der Waals surface area contributed by atoms with Crippen LogP contribution in [0.1, 0.15) is 24.2 Å². The third kappa shape index (κ3) is 4.57. The lowest BCUT2D eigenvalue weighted by molar-refractivity contribution is 0.568. The fourth-order valence-corrected chi connectivity index (χ4v) is 3.02. The first-order valence-corrected chi connectivity index (χ1v) is 8.68. The normalized spacial score (nSPS) is 12.2. The van der Waals surface area contributed by atoms with Gasteiger partial charge < -0.3 is 5.32 Å². The van der Waals surface area contributed by atoms with Crippen molar-refractivity contribution in [2.45, 2.75) is 19.5 Å². The predicted octanol–water partition coefficient (Wildman–Crippen LogP) is 6.05. The fraction of sp³-hybridized carbons (Fsp3) is 0.150. The zero-order chi connectivity index (χ0) is 17.8. The Bertz CT molecular complexity index is 883. The second-order valence-electron chi connectivity index (χ2n) is 5.82. The molecule has 1 aromatic heterocycles. The van der Waals surface area contributed by atoms with Gasteiger partial charge in [-0.15, -0.1) is 0 Å². The van der Waals surface area contributed by atoms with Crippen LogP contribution in [0.15, 0.2) is 60.8 Å². The summed E-state index contributed by atoms with van der Waals surface area (Å²) in [4.78, 5) is 4.36. The molecule has 1 N–H and O–H groups in total. The highest BCUT2D eigenvalue weighted by molar-refractivity contribution is 6.33. The Labute approximate surface area is 156 Å². The first kappa shape index (κ1) is 17.9. The van der Waals surface area contributed by atoms with Crippen LogP contribution in [0.5, 0.6) is 0 Å².